The summed E-state index contributed by atoms with van der Waals surface area (Å²) in [5.74, 6) is 0.652. The molecule has 3 aliphatic rings. The van der Waals surface area contributed by atoms with Gasteiger partial charge in [0.2, 0.25) is 10.0 Å². The van der Waals surface area contributed by atoms with Gasteiger partial charge in [0.05, 0.1) is 5.75 Å². The molecule has 1 unspecified atom stereocenters. The molecule has 25 heavy (non-hydrogen) atoms. The molecule has 1 aromatic rings. The number of carbonyl (C=O) groups excluding carboxylic acids is 1. The molecule has 3 atom stereocenters. The van der Waals surface area contributed by atoms with Crippen molar-refractivity contribution in [3.05, 3.63) is 18.0 Å². The minimum atomic E-state index is -3.46. The number of sulfonamides is 1. The highest BCUT2D eigenvalue weighted by Gasteiger charge is 2.65. The Kier molecular flexibility index (Phi) is 3.89. The summed E-state index contributed by atoms with van der Waals surface area (Å²) in [6.07, 6.45) is 5.77. The molecule has 0 radical (unpaired) electrons. The van der Waals surface area contributed by atoms with Gasteiger partial charge in [-0.3, -0.25) is 9.89 Å². The van der Waals surface area contributed by atoms with Crippen molar-refractivity contribution in [2.45, 2.75) is 51.9 Å². The second-order valence-electron chi connectivity index (χ2n) is 8.63. The fraction of sp³-hybridized carbons (Fsp3) is 0.778. The molecule has 1 N–H and O–H groups in total. The van der Waals surface area contributed by atoms with E-state index in [4.69, 9.17) is 0 Å². The molecular formula is C18H27N3O3S. The summed E-state index contributed by atoms with van der Waals surface area (Å²) in [6.45, 7) is 5.23. The molecular weight excluding hydrogens is 338 g/mol. The number of nitrogens with one attached hydrogen (secondary N) is 1. The van der Waals surface area contributed by atoms with E-state index in [-0.39, 0.29) is 22.9 Å². The van der Waals surface area contributed by atoms with Gasteiger partial charge in [-0.25, -0.2) is 12.7 Å². The number of aromatic amines is 1. The average molecular weight is 365 g/mol. The van der Waals surface area contributed by atoms with Crippen molar-refractivity contribution in [2.24, 2.45) is 16.7 Å². The van der Waals surface area contributed by atoms with Crippen LogP contribution in [0, 0.1) is 16.7 Å². The number of H-pyrrole nitrogens is 1. The molecule has 7 heteroatoms. The van der Waals surface area contributed by atoms with Crippen molar-refractivity contribution in [1.82, 2.24) is 14.5 Å². The molecule has 2 aliphatic carbocycles. The third-order valence-corrected chi connectivity index (χ3v) is 9.28. The second kappa shape index (κ2) is 5.64. The van der Waals surface area contributed by atoms with E-state index in [1.54, 1.807) is 10.5 Å². The highest BCUT2D eigenvalue weighted by molar-refractivity contribution is 7.89. The van der Waals surface area contributed by atoms with Crippen molar-refractivity contribution < 1.29 is 13.2 Å². The van der Waals surface area contributed by atoms with Crippen molar-refractivity contribution >= 4 is 15.8 Å². The summed E-state index contributed by atoms with van der Waals surface area (Å²) >= 11 is 0. The fourth-order valence-corrected chi connectivity index (χ4v) is 7.75. The van der Waals surface area contributed by atoms with Gasteiger partial charge in [0.25, 0.3) is 0 Å². The Morgan fingerprint density at radius 2 is 2.16 bits per heavy atom. The number of rotatable bonds is 4. The zero-order valence-corrected chi connectivity index (χ0v) is 15.8. The van der Waals surface area contributed by atoms with Gasteiger partial charge in [-0.1, -0.05) is 13.8 Å². The van der Waals surface area contributed by atoms with Crippen molar-refractivity contribution in [3.63, 3.8) is 0 Å². The lowest BCUT2D eigenvalue weighted by Gasteiger charge is -2.39. The Morgan fingerprint density at radius 1 is 1.36 bits per heavy atom. The van der Waals surface area contributed by atoms with Crippen LogP contribution in [0.4, 0.5) is 0 Å². The Morgan fingerprint density at radius 3 is 2.76 bits per heavy atom. The van der Waals surface area contributed by atoms with Gasteiger partial charge in [0.1, 0.15) is 5.78 Å². The molecule has 0 aromatic carbocycles. The van der Waals surface area contributed by atoms with E-state index in [2.05, 4.69) is 24.0 Å². The number of Topliss-reactive ketones (excluding diaryl/α,β-unsaturated/α-hetero) is 1. The van der Waals surface area contributed by atoms with E-state index in [1.807, 2.05) is 6.07 Å². The molecule has 138 valence electrons. The highest BCUT2D eigenvalue weighted by Crippen LogP contribution is 2.64. The van der Waals surface area contributed by atoms with Gasteiger partial charge in [-0.05, 0) is 43.1 Å². The van der Waals surface area contributed by atoms with Crippen LogP contribution in [-0.2, 0) is 14.8 Å². The van der Waals surface area contributed by atoms with Gasteiger partial charge in [-0.2, -0.15) is 5.10 Å². The predicted molar refractivity (Wildman–Crippen MR) is 94.5 cm³/mol. The summed E-state index contributed by atoms with van der Waals surface area (Å²) < 4.78 is 28.1. The van der Waals surface area contributed by atoms with Crippen LogP contribution in [-0.4, -0.2) is 47.5 Å². The highest BCUT2D eigenvalue weighted by atomic mass is 32.2. The monoisotopic (exact) mass is 365 g/mol. The summed E-state index contributed by atoms with van der Waals surface area (Å²) in [5.41, 5.74) is 0.101. The molecule has 4 rings (SSSR count). The maximum Gasteiger partial charge on any atom is 0.215 e. The van der Waals surface area contributed by atoms with E-state index >= 15 is 0 Å². The number of carbonyl (C=O) groups is 1. The minimum Gasteiger partial charge on any atom is -0.299 e. The largest absolute Gasteiger partial charge is 0.299 e. The lowest BCUT2D eigenvalue weighted by molar-refractivity contribution is -0.128. The Hall–Kier alpha value is -1.21. The third kappa shape index (κ3) is 2.50. The van der Waals surface area contributed by atoms with Crippen LogP contribution in [0.5, 0.6) is 0 Å². The zero-order chi connectivity index (χ0) is 17.9. The van der Waals surface area contributed by atoms with Crippen LogP contribution in [0.2, 0.25) is 0 Å². The van der Waals surface area contributed by atoms with E-state index in [0.29, 0.717) is 25.4 Å². The molecule has 1 aromatic heterocycles. The number of hydrogen-bond acceptors (Lipinski definition) is 4. The molecule has 6 nitrogen and oxygen atoms in total. The van der Waals surface area contributed by atoms with Gasteiger partial charge < -0.3 is 0 Å². The average Bonchev–Trinajstić information content (AvgIpc) is 3.22. The first-order chi connectivity index (χ1) is 11.8. The van der Waals surface area contributed by atoms with Gasteiger partial charge in [-0.15, -0.1) is 0 Å². The lowest BCUT2D eigenvalue weighted by Crippen LogP contribution is -2.48. The number of ketones is 1. The van der Waals surface area contributed by atoms with Crippen LogP contribution >= 0.6 is 0 Å². The van der Waals surface area contributed by atoms with Crippen molar-refractivity contribution in [3.8, 4) is 0 Å². The van der Waals surface area contributed by atoms with Crippen molar-refractivity contribution in [2.75, 3.05) is 18.8 Å². The number of aromatic nitrogens is 2. The lowest BCUT2D eigenvalue weighted by atomic mass is 9.70. The first kappa shape index (κ1) is 17.2. The maximum absolute atomic E-state index is 13.2. The van der Waals surface area contributed by atoms with Crippen LogP contribution in [0.3, 0.4) is 0 Å². The van der Waals surface area contributed by atoms with Crippen LogP contribution in [0.15, 0.2) is 12.3 Å². The molecule has 3 fully saturated rings. The molecule has 1 aliphatic heterocycles. The van der Waals surface area contributed by atoms with Crippen LogP contribution in [0.1, 0.15) is 57.6 Å². The summed E-state index contributed by atoms with van der Waals surface area (Å²) in [5, 5.41) is 6.96. The summed E-state index contributed by atoms with van der Waals surface area (Å²) in [7, 11) is -3.46. The van der Waals surface area contributed by atoms with E-state index < -0.39 is 15.4 Å². The third-order valence-electron chi connectivity index (χ3n) is 7.31. The smallest absolute Gasteiger partial charge is 0.215 e. The SMILES string of the molecule is CC1(C)[C@@H]2CC[C@@]1(CS(=O)(=O)N1CCCC(c3ccn[nH]3)C1)C(=O)C2. The molecule has 2 bridgehead atoms. The predicted octanol–water partition coefficient (Wildman–Crippen LogP) is 2.31. The van der Waals surface area contributed by atoms with E-state index in [0.717, 1.165) is 31.4 Å². The van der Waals surface area contributed by atoms with Gasteiger partial charge >= 0.3 is 0 Å². The normalized spacial score (nSPS) is 35.4. The number of fused-ring (bicyclic) bond motifs is 2. The number of nitrogens with zero attached hydrogens (tertiary/aromatic N) is 2. The number of hydrogen-bond donors (Lipinski definition) is 1. The molecule has 1 saturated heterocycles. The topological polar surface area (TPSA) is 83.1 Å². The first-order valence-corrected chi connectivity index (χ1v) is 10.9. The Bertz CT molecular complexity index is 771. The molecule has 2 saturated carbocycles. The van der Waals surface area contributed by atoms with Crippen molar-refractivity contribution in [1.29, 1.82) is 0 Å². The first-order valence-electron chi connectivity index (χ1n) is 9.27. The Balaban J connectivity index is 1.57. The maximum atomic E-state index is 13.2. The quantitative estimate of drug-likeness (QED) is 0.887. The van der Waals surface area contributed by atoms with E-state index in [1.165, 1.54) is 0 Å². The van der Waals surface area contributed by atoms with Crippen LogP contribution < -0.4 is 0 Å². The van der Waals surface area contributed by atoms with Crippen LogP contribution in [0.25, 0.3) is 0 Å². The molecule has 0 spiro atoms. The van der Waals surface area contributed by atoms with Gasteiger partial charge in [0, 0.05) is 42.7 Å². The number of piperidine rings is 1. The molecule has 0 amide bonds. The minimum absolute atomic E-state index is 0.0158. The standard InChI is InChI=1S/C18H27N3O3S/c1-17(2)14-5-7-18(17,16(22)10-14)12-25(23,24)21-9-3-4-13(11-21)15-6-8-19-20-15/h6,8,13-14H,3-5,7,9-12H2,1-2H3,(H,19,20)/t13?,14-,18-/m1/s1. The zero-order valence-electron chi connectivity index (χ0n) is 15.0. The van der Waals surface area contributed by atoms with E-state index in [9.17, 15) is 13.2 Å². The van der Waals surface area contributed by atoms with Gasteiger partial charge in [0.15, 0.2) is 0 Å². The second-order valence-corrected chi connectivity index (χ2v) is 10.6. The summed E-state index contributed by atoms with van der Waals surface area (Å²) in [4.78, 5) is 12.7. The molecule has 2 heterocycles. The fourth-order valence-electron chi connectivity index (χ4n) is 5.45. The summed E-state index contributed by atoms with van der Waals surface area (Å²) in [6, 6.07) is 1.92. The Labute approximate surface area is 149 Å².